The Morgan fingerprint density at radius 3 is 1.24 bits per heavy atom. The zero-order chi connectivity index (χ0) is 20.9. The van der Waals surface area contributed by atoms with Gasteiger partial charge in [0, 0.05) is 48.0 Å². The number of rotatable bonds is 0. The molecule has 4 heterocycles. The lowest BCUT2D eigenvalue weighted by atomic mass is 10.1. The molecular formula is C21H28N4O2S2. The van der Waals surface area contributed by atoms with E-state index in [0.717, 1.165) is 32.9 Å². The number of carbonyl (C=O) groups is 2. The van der Waals surface area contributed by atoms with Crippen LogP contribution in [-0.2, 0) is 9.59 Å². The molecule has 0 aromatic rings. The van der Waals surface area contributed by atoms with Crippen LogP contribution in [0.5, 0.6) is 0 Å². The molecule has 4 aliphatic rings. The van der Waals surface area contributed by atoms with E-state index in [1.807, 2.05) is 0 Å². The molecule has 2 amide bonds. The molecule has 0 N–H and O–H groups in total. The molecule has 4 rings (SSSR count). The fourth-order valence-corrected chi connectivity index (χ4v) is 4.93. The first-order chi connectivity index (χ1) is 13.1. The van der Waals surface area contributed by atoms with E-state index in [4.69, 9.17) is 0 Å². The van der Waals surface area contributed by atoms with Gasteiger partial charge in [0.25, 0.3) is 11.8 Å². The van der Waals surface area contributed by atoms with Crippen LogP contribution >= 0.6 is 23.5 Å². The third-order valence-corrected chi connectivity index (χ3v) is 6.71. The van der Waals surface area contributed by atoms with Crippen molar-refractivity contribution < 1.29 is 9.59 Å². The summed E-state index contributed by atoms with van der Waals surface area (Å²) in [7, 11) is 3.38. The van der Waals surface area contributed by atoms with Crippen molar-refractivity contribution >= 4 is 45.4 Å². The summed E-state index contributed by atoms with van der Waals surface area (Å²) in [6.07, 6.45) is 4.12. The van der Waals surface area contributed by atoms with Crippen LogP contribution < -0.4 is 0 Å². The van der Waals surface area contributed by atoms with Crippen molar-refractivity contribution in [1.82, 2.24) is 9.80 Å². The van der Waals surface area contributed by atoms with Crippen LogP contribution in [0.3, 0.4) is 0 Å². The monoisotopic (exact) mass is 432 g/mol. The van der Waals surface area contributed by atoms with Crippen molar-refractivity contribution in [2.75, 3.05) is 26.6 Å². The quantitative estimate of drug-likeness (QED) is 0.575. The summed E-state index contributed by atoms with van der Waals surface area (Å²) in [6, 6.07) is 0. The van der Waals surface area contributed by atoms with Gasteiger partial charge in [0.05, 0.1) is 11.1 Å². The average Bonchev–Trinajstić information content (AvgIpc) is 3.32. The highest BCUT2D eigenvalue weighted by molar-refractivity contribution is 8.14. The standard InChI is InChI=1S/C10H12N2O2.C10H12N2S2.CH4/c1-5-7-8(10(14)11(5)3)6(2)12(4)9(7)13;1-5-7-8(10(11-5)14-4)6(2)12-9(7)13-3;/h2*1-4H3;1H4. The van der Waals surface area contributed by atoms with E-state index < -0.39 is 0 Å². The van der Waals surface area contributed by atoms with E-state index in [-0.39, 0.29) is 19.2 Å². The number of allylic oxidation sites excluding steroid dienone is 4. The molecular weight excluding hydrogens is 404 g/mol. The Labute approximate surface area is 181 Å². The Morgan fingerprint density at radius 1 is 0.655 bits per heavy atom. The highest BCUT2D eigenvalue weighted by Gasteiger charge is 2.42. The minimum Gasteiger partial charge on any atom is -0.315 e. The molecule has 0 saturated carbocycles. The van der Waals surface area contributed by atoms with Crippen molar-refractivity contribution in [2.24, 2.45) is 9.98 Å². The van der Waals surface area contributed by atoms with Gasteiger partial charge in [0.1, 0.15) is 10.1 Å². The number of amides is 2. The lowest BCUT2D eigenvalue weighted by molar-refractivity contribution is -0.123. The third kappa shape index (κ3) is 3.42. The number of thioether (sulfide) groups is 2. The Morgan fingerprint density at radius 2 is 0.966 bits per heavy atom. The molecule has 29 heavy (non-hydrogen) atoms. The smallest absolute Gasteiger partial charge is 0.260 e. The number of hydrogen-bond acceptors (Lipinski definition) is 6. The summed E-state index contributed by atoms with van der Waals surface area (Å²) < 4.78 is 0. The SMILES string of the molecule is C.CC1=C2C(=O)N(C)C(C)=C2C(=O)N1C.CSC1=NC(C)=C2C(SC)=NC(C)=C12. The Hall–Kier alpha value is -2.06. The predicted molar refractivity (Wildman–Crippen MR) is 125 cm³/mol. The molecule has 0 aromatic carbocycles. The Kier molecular flexibility index (Phi) is 6.69. The van der Waals surface area contributed by atoms with Crippen molar-refractivity contribution in [3.8, 4) is 0 Å². The molecule has 4 aliphatic heterocycles. The molecule has 0 saturated heterocycles. The highest BCUT2D eigenvalue weighted by atomic mass is 32.2. The lowest BCUT2D eigenvalue weighted by Gasteiger charge is -2.15. The third-order valence-electron chi connectivity index (χ3n) is 5.34. The number of carbonyl (C=O) groups excluding carboxylic acids is 2. The number of nitrogens with zero attached hydrogens (tertiary/aromatic N) is 4. The van der Waals surface area contributed by atoms with Crippen LogP contribution in [0.15, 0.2) is 55.1 Å². The molecule has 0 unspecified atom stereocenters. The second kappa shape index (κ2) is 8.36. The predicted octanol–water partition coefficient (Wildman–Crippen LogP) is 4.20. The van der Waals surface area contributed by atoms with E-state index in [0.29, 0.717) is 11.1 Å². The second-order valence-corrected chi connectivity index (χ2v) is 8.40. The maximum Gasteiger partial charge on any atom is 0.260 e. The highest BCUT2D eigenvalue weighted by Crippen LogP contribution is 2.40. The van der Waals surface area contributed by atoms with Gasteiger partial charge >= 0.3 is 0 Å². The minimum atomic E-state index is -0.0762. The summed E-state index contributed by atoms with van der Waals surface area (Å²) in [5.41, 5.74) is 7.34. The summed E-state index contributed by atoms with van der Waals surface area (Å²) in [6.45, 7) is 7.71. The number of aliphatic imine (C=N–C) groups is 2. The van der Waals surface area contributed by atoms with Gasteiger partial charge in [-0.05, 0) is 40.2 Å². The summed E-state index contributed by atoms with van der Waals surface area (Å²) in [4.78, 5) is 35.6. The Balaban J connectivity index is 0.000000200. The van der Waals surface area contributed by atoms with Crippen molar-refractivity contribution in [3.05, 3.63) is 45.1 Å². The zero-order valence-corrected chi connectivity index (χ0v) is 19.1. The largest absolute Gasteiger partial charge is 0.315 e. The van der Waals surface area contributed by atoms with E-state index >= 15 is 0 Å². The summed E-state index contributed by atoms with van der Waals surface area (Å²) in [5, 5.41) is 2.23. The molecule has 6 nitrogen and oxygen atoms in total. The molecule has 0 atom stereocenters. The fraction of sp³-hybridized carbons (Fsp3) is 0.429. The van der Waals surface area contributed by atoms with E-state index in [9.17, 15) is 9.59 Å². The van der Waals surface area contributed by atoms with E-state index in [1.54, 1.807) is 51.5 Å². The minimum absolute atomic E-state index is 0. The first-order valence-electron chi connectivity index (χ1n) is 8.82. The maximum absolute atomic E-state index is 11.7. The molecule has 0 radical (unpaired) electrons. The zero-order valence-electron chi connectivity index (χ0n) is 17.4. The van der Waals surface area contributed by atoms with Gasteiger partial charge in [0.2, 0.25) is 0 Å². The first kappa shape index (κ1) is 23.2. The maximum atomic E-state index is 11.7. The van der Waals surface area contributed by atoms with E-state index in [1.165, 1.54) is 20.9 Å². The van der Waals surface area contributed by atoms with Crippen LogP contribution in [-0.4, -0.2) is 58.3 Å². The van der Waals surface area contributed by atoms with Gasteiger partial charge < -0.3 is 9.80 Å². The number of fused-ring (bicyclic) bond motifs is 2. The van der Waals surface area contributed by atoms with Crippen molar-refractivity contribution in [3.63, 3.8) is 0 Å². The van der Waals surface area contributed by atoms with Crippen molar-refractivity contribution in [1.29, 1.82) is 0 Å². The molecule has 0 aromatic heterocycles. The topological polar surface area (TPSA) is 65.3 Å². The summed E-state index contributed by atoms with van der Waals surface area (Å²) >= 11 is 3.39. The van der Waals surface area contributed by atoms with Crippen LogP contribution in [0.1, 0.15) is 35.1 Å². The molecule has 0 fully saturated rings. The number of hydrogen-bond donors (Lipinski definition) is 0. The van der Waals surface area contributed by atoms with Gasteiger partial charge in [-0.25, -0.2) is 9.98 Å². The fourth-order valence-electron chi connectivity index (χ4n) is 3.57. The second-order valence-electron chi connectivity index (χ2n) is 6.81. The van der Waals surface area contributed by atoms with Gasteiger partial charge in [-0.3, -0.25) is 9.59 Å². The van der Waals surface area contributed by atoms with Crippen LogP contribution in [0.4, 0.5) is 0 Å². The lowest BCUT2D eigenvalue weighted by Crippen LogP contribution is -2.24. The first-order valence-corrected chi connectivity index (χ1v) is 11.3. The molecule has 0 spiro atoms. The average molecular weight is 433 g/mol. The summed E-state index contributed by atoms with van der Waals surface area (Å²) in [5.74, 6) is -0.152. The number of likely N-dealkylation sites (N-methyl/N-ethyl adjacent to an activating group) is 2. The van der Waals surface area contributed by atoms with Gasteiger partial charge in [-0.15, -0.1) is 23.5 Å². The molecule has 0 aliphatic carbocycles. The molecule has 8 heteroatoms. The van der Waals surface area contributed by atoms with Crippen LogP contribution in [0.25, 0.3) is 0 Å². The van der Waals surface area contributed by atoms with Gasteiger partial charge in [-0.1, -0.05) is 7.43 Å². The molecule has 0 bridgehead atoms. The van der Waals surface area contributed by atoms with E-state index in [2.05, 4.69) is 36.3 Å². The van der Waals surface area contributed by atoms with Crippen molar-refractivity contribution in [2.45, 2.75) is 35.1 Å². The normalized spacial score (nSPS) is 20.3. The van der Waals surface area contributed by atoms with Crippen LogP contribution in [0, 0.1) is 0 Å². The van der Waals surface area contributed by atoms with Gasteiger partial charge in [-0.2, -0.15) is 0 Å². The Bertz CT molecular complexity index is 916. The van der Waals surface area contributed by atoms with Gasteiger partial charge in [0.15, 0.2) is 0 Å². The van der Waals surface area contributed by atoms with Crippen LogP contribution in [0.2, 0.25) is 0 Å². The molecule has 156 valence electrons.